The maximum Gasteiger partial charge on any atom is 0.238 e. The van der Waals surface area contributed by atoms with E-state index in [9.17, 15) is 9.59 Å². The van der Waals surface area contributed by atoms with Crippen molar-refractivity contribution in [3.8, 4) is 0 Å². The van der Waals surface area contributed by atoms with Gasteiger partial charge in [-0.1, -0.05) is 19.1 Å². The highest BCUT2D eigenvalue weighted by atomic mass is 16.2. The number of hydrogen-bond donors (Lipinski definition) is 1. The van der Waals surface area contributed by atoms with Crippen molar-refractivity contribution in [3.05, 3.63) is 24.4 Å². The molecule has 1 heterocycles. The van der Waals surface area contributed by atoms with Gasteiger partial charge in [0.25, 0.3) is 0 Å². The lowest BCUT2D eigenvalue weighted by Gasteiger charge is -2.37. The molecule has 2 aliphatic rings. The van der Waals surface area contributed by atoms with Gasteiger partial charge in [-0.25, -0.2) is 0 Å². The quantitative estimate of drug-likeness (QED) is 0.461. The second kappa shape index (κ2) is 3.08. The monoisotopic (exact) mass is 191 g/mol. The molecule has 2 atom stereocenters. The molecule has 1 aliphatic heterocycles. The van der Waals surface area contributed by atoms with Crippen LogP contribution >= 0.6 is 0 Å². The van der Waals surface area contributed by atoms with E-state index in [0.717, 1.165) is 6.42 Å². The number of amides is 1. The topological polar surface area (TPSA) is 46.2 Å². The maximum atomic E-state index is 11.8. The smallest absolute Gasteiger partial charge is 0.238 e. The van der Waals surface area contributed by atoms with E-state index >= 15 is 0 Å². The van der Waals surface area contributed by atoms with Crippen LogP contribution in [-0.4, -0.2) is 11.7 Å². The Morgan fingerprint density at radius 2 is 2.21 bits per heavy atom. The molecule has 1 spiro atoms. The molecule has 0 fully saturated rings. The number of carbonyl (C=O) groups excluding carboxylic acids is 2. The summed E-state index contributed by atoms with van der Waals surface area (Å²) in [6.45, 7) is 1.96. The van der Waals surface area contributed by atoms with Crippen molar-refractivity contribution in [2.45, 2.75) is 19.8 Å². The van der Waals surface area contributed by atoms with Crippen LogP contribution in [0.15, 0.2) is 24.4 Å². The lowest BCUT2D eigenvalue weighted by molar-refractivity contribution is -0.143. The van der Waals surface area contributed by atoms with Crippen LogP contribution in [0.2, 0.25) is 0 Å². The van der Waals surface area contributed by atoms with E-state index < -0.39 is 5.41 Å². The third kappa shape index (κ3) is 1.05. The van der Waals surface area contributed by atoms with Gasteiger partial charge in [0, 0.05) is 6.20 Å². The standard InChI is InChI=1S/C11H13NO2/c1-8-4-2-3-6-11(8)9(13)5-7-12-10(11)14/h2-3,5,7-8H,4,6H2,1H3,(H,12,14). The molecule has 0 aromatic carbocycles. The third-order valence-corrected chi connectivity index (χ3v) is 3.23. The largest absolute Gasteiger partial charge is 0.332 e. The fourth-order valence-electron chi connectivity index (χ4n) is 2.21. The molecule has 0 saturated heterocycles. The van der Waals surface area contributed by atoms with Crippen LogP contribution in [0.25, 0.3) is 0 Å². The van der Waals surface area contributed by atoms with Gasteiger partial charge in [0.1, 0.15) is 5.41 Å². The predicted molar refractivity (Wildman–Crippen MR) is 52.3 cm³/mol. The molecule has 0 radical (unpaired) electrons. The Balaban J connectivity index is 2.45. The Bertz CT molecular complexity index is 343. The van der Waals surface area contributed by atoms with Crippen molar-refractivity contribution in [2.24, 2.45) is 11.3 Å². The van der Waals surface area contributed by atoms with E-state index in [-0.39, 0.29) is 17.6 Å². The van der Waals surface area contributed by atoms with Crippen molar-refractivity contribution in [2.75, 3.05) is 0 Å². The Kier molecular flexibility index (Phi) is 2.02. The second-order valence-electron chi connectivity index (χ2n) is 3.95. The molecular weight excluding hydrogens is 178 g/mol. The SMILES string of the molecule is CC1CC=CCC12C(=O)C=CNC2=O. The number of carbonyl (C=O) groups is 2. The van der Waals surface area contributed by atoms with Crippen LogP contribution in [0, 0.1) is 11.3 Å². The molecule has 1 N–H and O–H groups in total. The van der Waals surface area contributed by atoms with Gasteiger partial charge in [-0.15, -0.1) is 0 Å². The predicted octanol–water partition coefficient (Wildman–Crippen LogP) is 1.17. The maximum absolute atomic E-state index is 11.8. The normalized spacial score (nSPS) is 36.2. The van der Waals surface area contributed by atoms with Crippen LogP contribution in [-0.2, 0) is 9.59 Å². The van der Waals surface area contributed by atoms with Gasteiger partial charge in [-0.2, -0.15) is 0 Å². The molecule has 3 heteroatoms. The Labute approximate surface area is 82.9 Å². The van der Waals surface area contributed by atoms with Crippen molar-refractivity contribution >= 4 is 11.7 Å². The lowest BCUT2D eigenvalue weighted by Crippen LogP contribution is -2.51. The Morgan fingerprint density at radius 3 is 2.86 bits per heavy atom. The third-order valence-electron chi connectivity index (χ3n) is 3.23. The number of nitrogens with one attached hydrogen (secondary N) is 1. The minimum absolute atomic E-state index is 0.0573. The molecule has 2 unspecified atom stereocenters. The first kappa shape index (κ1) is 9.19. The van der Waals surface area contributed by atoms with Gasteiger partial charge in [0.15, 0.2) is 5.78 Å². The van der Waals surface area contributed by atoms with Gasteiger partial charge in [-0.05, 0) is 24.8 Å². The zero-order valence-corrected chi connectivity index (χ0v) is 8.12. The Hall–Kier alpha value is -1.38. The van der Waals surface area contributed by atoms with Crippen molar-refractivity contribution in [1.29, 1.82) is 0 Å². The van der Waals surface area contributed by atoms with E-state index in [1.807, 2.05) is 19.1 Å². The number of hydrogen-bond acceptors (Lipinski definition) is 2. The summed E-state index contributed by atoms with van der Waals surface area (Å²) < 4.78 is 0. The highest BCUT2D eigenvalue weighted by molar-refractivity contribution is 6.13. The fraction of sp³-hybridized carbons (Fsp3) is 0.455. The zero-order chi connectivity index (χ0) is 10.2. The molecular formula is C11H13NO2. The summed E-state index contributed by atoms with van der Waals surface area (Å²) in [4.78, 5) is 23.6. The van der Waals surface area contributed by atoms with Crippen LogP contribution in [0.1, 0.15) is 19.8 Å². The van der Waals surface area contributed by atoms with Crippen molar-refractivity contribution in [3.63, 3.8) is 0 Å². The summed E-state index contributed by atoms with van der Waals surface area (Å²) in [7, 11) is 0. The van der Waals surface area contributed by atoms with Gasteiger partial charge in [0.05, 0.1) is 0 Å². The molecule has 2 rings (SSSR count). The zero-order valence-electron chi connectivity index (χ0n) is 8.12. The summed E-state index contributed by atoms with van der Waals surface area (Å²) in [6.07, 6.45) is 8.19. The van der Waals surface area contributed by atoms with E-state index in [2.05, 4.69) is 5.32 Å². The first-order chi connectivity index (χ1) is 6.68. The molecule has 14 heavy (non-hydrogen) atoms. The number of ketones is 1. The summed E-state index contributed by atoms with van der Waals surface area (Å²) in [6, 6.07) is 0. The van der Waals surface area contributed by atoms with Crippen molar-refractivity contribution < 1.29 is 9.59 Å². The summed E-state index contributed by atoms with van der Waals surface area (Å²) >= 11 is 0. The molecule has 0 aromatic heterocycles. The van der Waals surface area contributed by atoms with Gasteiger partial charge >= 0.3 is 0 Å². The Morgan fingerprint density at radius 1 is 1.43 bits per heavy atom. The molecule has 3 nitrogen and oxygen atoms in total. The van der Waals surface area contributed by atoms with Crippen LogP contribution < -0.4 is 5.32 Å². The van der Waals surface area contributed by atoms with E-state index in [1.54, 1.807) is 0 Å². The van der Waals surface area contributed by atoms with E-state index in [0.29, 0.717) is 6.42 Å². The van der Waals surface area contributed by atoms with E-state index in [1.165, 1.54) is 12.3 Å². The minimum Gasteiger partial charge on any atom is -0.332 e. The average molecular weight is 191 g/mol. The molecule has 0 saturated carbocycles. The lowest BCUT2D eigenvalue weighted by atomic mass is 9.65. The number of allylic oxidation sites excluding steroid dienone is 3. The second-order valence-corrected chi connectivity index (χ2v) is 3.95. The fourth-order valence-corrected chi connectivity index (χ4v) is 2.21. The van der Waals surface area contributed by atoms with Gasteiger partial charge < -0.3 is 5.32 Å². The minimum atomic E-state index is -0.830. The summed E-state index contributed by atoms with van der Waals surface area (Å²) in [5.74, 6) is -0.120. The molecule has 0 bridgehead atoms. The van der Waals surface area contributed by atoms with Gasteiger partial charge in [-0.3, -0.25) is 9.59 Å². The molecule has 1 aliphatic carbocycles. The summed E-state index contributed by atoms with van der Waals surface area (Å²) in [5.41, 5.74) is -0.830. The molecule has 74 valence electrons. The summed E-state index contributed by atoms with van der Waals surface area (Å²) in [5, 5.41) is 2.63. The molecule has 1 amide bonds. The van der Waals surface area contributed by atoms with Crippen molar-refractivity contribution in [1.82, 2.24) is 5.32 Å². The first-order valence-corrected chi connectivity index (χ1v) is 4.85. The molecule has 0 aromatic rings. The number of rotatable bonds is 0. The van der Waals surface area contributed by atoms with Crippen LogP contribution in [0.3, 0.4) is 0 Å². The van der Waals surface area contributed by atoms with Crippen LogP contribution in [0.4, 0.5) is 0 Å². The first-order valence-electron chi connectivity index (χ1n) is 4.85. The highest BCUT2D eigenvalue weighted by Gasteiger charge is 2.49. The van der Waals surface area contributed by atoms with Crippen LogP contribution in [0.5, 0.6) is 0 Å². The highest BCUT2D eigenvalue weighted by Crippen LogP contribution is 2.40. The van der Waals surface area contributed by atoms with Gasteiger partial charge in [0.2, 0.25) is 5.91 Å². The average Bonchev–Trinajstić information content (AvgIpc) is 2.17. The van der Waals surface area contributed by atoms with E-state index in [4.69, 9.17) is 0 Å².